The van der Waals surface area contributed by atoms with Crippen LogP contribution in [0.15, 0.2) is 53.5 Å². The third-order valence-electron chi connectivity index (χ3n) is 4.00. The molecule has 4 aromatic rings. The molecule has 2 aromatic carbocycles. The summed E-state index contributed by atoms with van der Waals surface area (Å²) in [5.41, 5.74) is 3.60. The van der Waals surface area contributed by atoms with E-state index in [1.807, 2.05) is 31.2 Å². The Morgan fingerprint density at radius 1 is 1.14 bits per heavy atom. The van der Waals surface area contributed by atoms with E-state index in [2.05, 4.69) is 11.6 Å². The van der Waals surface area contributed by atoms with Crippen LogP contribution in [0.3, 0.4) is 0 Å². The predicted octanol–water partition coefficient (Wildman–Crippen LogP) is 5.71. The molecule has 0 aliphatic carbocycles. The largest absolute Gasteiger partial charge is 0.460 e. The molecule has 0 amide bonds. The number of fused-ring (bicyclic) bond motifs is 5. The van der Waals surface area contributed by atoms with Crippen molar-refractivity contribution in [3.63, 3.8) is 0 Å². The number of furan rings is 1. The van der Waals surface area contributed by atoms with Gasteiger partial charge in [-0.2, -0.15) is 0 Å². The minimum absolute atomic E-state index is 0.250. The molecule has 2 aromatic heterocycles. The van der Waals surface area contributed by atoms with Gasteiger partial charge in [0.15, 0.2) is 0 Å². The third kappa shape index (κ3) is 1.72. The SMILES string of the molecule is C=C/C=C\c1c(C)oc2c1ccc1[nH]c3cc(F)ccc3c12. The molecular weight excluding hydrogens is 277 g/mol. The summed E-state index contributed by atoms with van der Waals surface area (Å²) < 4.78 is 19.4. The first-order valence-electron chi connectivity index (χ1n) is 7.11. The van der Waals surface area contributed by atoms with Gasteiger partial charge in [0.1, 0.15) is 17.2 Å². The smallest absolute Gasteiger partial charge is 0.144 e. The zero-order chi connectivity index (χ0) is 15.3. The molecule has 0 atom stereocenters. The van der Waals surface area contributed by atoms with E-state index in [1.54, 1.807) is 12.1 Å². The summed E-state index contributed by atoms with van der Waals surface area (Å²) in [6.07, 6.45) is 5.63. The monoisotopic (exact) mass is 291 g/mol. The van der Waals surface area contributed by atoms with E-state index in [4.69, 9.17) is 4.42 Å². The molecular formula is C19H14FNO. The van der Waals surface area contributed by atoms with Crippen molar-refractivity contribution in [3.05, 3.63) is 66.2 Å². The lowest BCUT2D eigenvalue weighted by atomic mass is 10.1. The van der Waals surface area contributed by atoms with Gasteiger partial charge in [-0.3, -0.25) is 0 Å². The van der Waals surface area contributed by atoms with Gasteiger partial charge >= 0.3 is 0 Å². The van der Waals surface area contributed by atoms with Crippen molar-refractivity contribution in [2.75, 3.05) is 0 Å². The lowest BCUT2D eigenvalue weighted by molar-refractivity contribution is 0.580. The third-order valence-corrected chi connectivity index (χ3v) is 4.00. The minimum Gasteiger partial charge on any atom is -0.460 e. The highest BCUT2D eigenvalue weighted by molar-refractivity contribution is 6.19. The van der Waals surface area contributed by atoms with Crippen LogP contribution < -0.4 is 0 Å². The van der Waals surface area contributed by atoms with Crippen molar-refractivity contribution in [1.82, 2.24) is 4.98 Å². The van der Waals surface area contributed by atoms with Crippen LogP contribution in [-0.2, 0) is 0 Å². The number of nitrogens with one attached hydrogen (secondary N) is 1. The second kappa shape index (κ2) is 4.60. The average molecular weight is 291 g/mol. The molecule has 22 heavy (non-hydrogen) atoms. The molecule has 0 spiro atoms. The Morgan fingerprint density at radius 3 is 2.77 bits per heavy atom. The summed E-state index contributed by atoms with van der Waals surface area (Å²) >= 11 is 0. The van der Waals surface area contributed by atoms with E-state index in [-0.39, 0.29) is 5.82 Å². The van der Waals surface area contributed by atoms with E-state index in [0.717, 1.165) is 44.1 Å². The lowest BCUT2D eigenvalue weighted by Gasteiger charge is -1.94. The molecule has 1 N–H and O–H groups in total. The Hall–Kier alpha value is -2.81. The number of halogens is 1. The summed E-state index contributed by atoms with van der Waals surface area (Å²) in [6, 6.07) is 8.82. The minimum atomic E-state index is -0.250. The van der Waals surface area contributed by atoms with Crippen LogP contribution in [0.1, 0.15) is 11.3 Å². The van der Waals surface area contributed by atoms with Crippen molar-refractivity contribution in [1.29, 1.82) is 0 Å². The van der Waals surface area contributed by atoms with E-state index >= 15 is 0 Å². The maximum atomic E-state index is 13.4. The molecule has 0 saturated heterocycles. The van der Waals surface area contributed by atoms with Gasteiger partial charge in [-0.25, -0.2) is 4.39 Å². The predicted molar refractivity (Wildman–Crippen MR) is 89.5 cm³/mol. The van der Waals surface area contributed by atoms with Crippen molar-refractivity contribution < 1.29 is 8.81 Å². The zero-order valence-corrected chi connectivity index (χ0v) is 12.1. The highest BCUT2D eigenvalue weighted by Crippen LogP contribution is 2.36. The van der Waals surface area contributed by atoms with E-state index in [1.165, 1.54) is 12.1 Å². The highest BCUT2D eigenvalue weighted by atomic mass is 19.1. The second-order valence-corrected chi connectivity index (χ2v) is 5.35. The van der Waals surface area contributed by atoms with Crippen LogP contribution in [-0.4, -0.2) is 4.98 Å². The Bertz CT molecular complexity index is 1070. The topological polar surface area (TPSA) is 28.9 Å². The zero-order valence-electron chi connectivity index (χ0n) is 12.1. The number of allylic oxidation sites excluding steroid dienone is 2. The number of hydrogen-bond donors (Lipinski definition) is 1. The second-order valence-electron chi connectivity index (χ2n) is 5.35. The summed E-state index contributed by atoms with van der Waals surface area (Å²) in [4.78, 5) is 3.25. The lowest BCUT2D eigenvalue weighted by Crippen LogP contribution is -1.73. The van der Waals surface area contributed by atoms with Gasteiger partial charge < -0.3 is 9.40 Å². The quantitative estimate of drug-likeness (QED) is 0.470. The summed E-state index contributed by atoms with van der Waals surface area (Å²) in [6.45, 7) is 5.65. The van der Waals surface area contributed by atoms with Gasteiger partial charge in [-0.05, 0) is 37.3 Å². The molecule has 4 rings (SSSR count). The molecule has 0 unspecified atom stereocenters. The molecule has 0 aliphatic rings. The van der Waals surface area contributed by atoms with Crippen LogP contribution in [0.25, 0.3) is 38.9 Å². The van der Waals surface area contributed by atoms with Crippen molar-refractivity contribution in [2.24, 2.45) is 0 Å². The summed E-state index contributed by atoms with van der Waals surface area (Å²) in [7, 11) is 0. The van der Waals surface area contributed by atoms with Gasteiger partial charge in [0.2, 0.25) is 0 Å². The number of aromatic nitrogens is 1. The van der Waals surface area contributed by atoms with Crippen LogP contribution in [0, 0.1) is 12.7 Å². The first kappa shape index (κ1) is 12.9. The number of H-pyrrole nitrogens is 1. The average Bonchev–Trinajstić information content (AvgIpc) is 3.01. The Labute approximate surface area is 126 Å². The first-order valence-corrected chi connectivity index (χ1v) is 7.11. The van der Waals surface area contributed by atoms with Gasteiger partial charge in [0.05, 0.1) is 10.9 Å². The molecule has 108 valence electrons. The fraction of sp³-hybridized carbons (Fsp3) is 0.0526. The van der Waals surface area contributed by atoms with E-state index < -0.39 is 0 Å². The molecule has 2 nitrogen and oxygen atoms in total. The molecule has 0 fully saturated rings. The highest BCUT2D eigenvalue weighted by Gasteiger charge is 2.15. The summed E-state index contributed by atoms with van der Waals surface area (Å²) in [5, 5.41) is 3.01. The molecule has 2 heterocycles. The first-order chi connectivity index (χ1) is 10.7. The molecule has 0 bridgehead atoms. The van der Waals surface area contributed by atoms with Crippen LogP contribution in [0.5, 0.6) is 0 Å². The number of benzene rings is 2. The Balaban J connectivity index is 2.16. The number of aryl methyl sites for hydroxylation is 1. The van der Waals surface area contributed by atoms with Crippen molar-refractivity contribution >= 4 is 38.9 Å². The van der Waals surface area contributed by atoms with Crippen LogP contribution in [0.4, 0.5) is 4.39 Å². The van der Waals surface area contributed by atoms with E-state index in [0.29, 0.717) is 0 Å². The standard InChI is InChI=1S/C19H14FNO/c1-3-4-5-13-11(2)22-19-14(13)8-9-16-18(19)15-7-6-12(20)10-17(15)21-16/h3-10,21H,1H2,2H3/b5-4-. The molecule has 0 aliphatic heterocycles. The molecule has 0 saturated carbocycles. The van der Waals surface area contributed by atoms with E-state index in [9.17, 15) is 4.39 Å². The molecule has 0 radical (unpaired) electrons. The normalized spacial score (nSPS) is 12.1. The Kier molecular flexibility index (Phi) is 2.70. The van der Waals surface area contributed by atoms with Gasteiger partial charge in [0.25, 0.3) is 0 Å². The fourth-order valence-corrected chi connectivity index (χ4v) is 3.02. The van der Waals surface area contributed by atoms with Crippen LogP contribution in [0.2, 0.25) is 0 Å². The Morgan fingerprint density at radius 2 is 1.95 bits per heavy atom. The number of rotatable bonds is 2. The maximum Gasteiger partial charge on any atom is 0.144 e. The fourth-order valence-electron chi connectivity index (χ4n) is 3.02. The van der Waals surface area contributed by atoms with Gasteiger partial charge in [-0.1, -0.05) is 24.8 Å². The summed E-state index contributed by atoms with van der Waals surface area (Å²) in [5.74, 6) is 0.609. The number of hydrogen-bond acceptors (Lipinski definition) is 1. The van der Waals surface area contributed by atoms with Gasteiger partial charge in [-0.15, -0.1) is 0 Å². The van der Waals surface area contributed by atoms with Crippen LogP contribution >= 0.6 is 0 Å². The number of aromatic amines is 1. The maximum absolute atomic E-state index is 13.4. The van der Waals surface area contributed by atoms with Crippen molar-refractivity contribution in [3.8, 4) is 0 Å². The van der Waals surface area contributed by atoms with Crippen molar-refractivity contribution in [2.45, 2.75) is 6.92 Å². The molecule has 3 heteroatoms. The van der Waals surface area contributed by atoms with Gasteiger partial charge in [0, 0.05) is 21.9 Å².